The second-order valence-electron chi connectivity index (χ2n) is 4.68. The predicted molar refractivity (Wildman–Crippen MR) is 80.0 cm³/mol. The van der Waals surface area contributed by atoms with Crippen LogP contribution >= 0.6 is 0 Å². The molecule has 2 rings (SSSR count). The smallest absolute Gasteiger partial charge is 0.255 e. The first-order valence-electron chi connectivity index (χ1n) is 6.44. The Morgan fingerprint density at radius 1 is 1.15 bits per heavy atom. The Morgan fingerprint density at radius 2 is 1.85 bits per heavy atom. The number of hydrogen-bond acceptors (Lipinski definition) is 3. The zero-order valence-electron chi connectivity index (χ0n) is 11.6. The van der Waals surface area contributed by atoms with Gasteiger partial charge in [0.25, 0.3) is 5.91 Å². The van der Waals surface area contributed by atoms with E-state index in [-0.39, 0.29) is 11.7 Å². The van der Waals surface area contributed by atoms with Gasteiger partial charge in [-0.15, -0.1) is 0 Å². The molecule has 20 heavy (non-hydrogen) atoms. The molecule has 0 saturated heterocycles. The summed E-state index contributed by atoms with van der Waals surface area (Å²) in [6, 6.07) is 12.5. The summed E-state index contributed by atoms with van der Waals surface area (Å²) in [5.41, 5.74) is 3.07. The molecule has 0 atom stereocenters. The molecule has 2 aromatic carbocycles. The minimum absolute atomic E-state index is 0.127. The van der Waals surface area contributed by atoms with Gasteiger partial charge < -0.3 is 15.7 Å². The highest BCUT2D eigenvalue weighted by Gasteiger charge is 2.08. The molecule has 0 saturated carbocycles. The van der Waals surface area contributed by atoms with Crippen LogP contribution in [0.5, 0.6) is 5.75 Å². The lowest BCUT2D eigenvalue weighted by atomic mass is 10.1. The average Bonchev–Trinajstić information content (AvgIpc) is 2.44. The van der Waals surface area contributed by atoms with Crippen LogP contribution in [0.2, 0.25) is 0 Å². The van der Waals surface area contributed by atoms with Crippen LogP contribution in [0.25, 0.3) is 0 Å². The van der Waals surface area contributed by atoms with Gasteiger partial charge in [-0.1, -0.05) is 18.2 Å². The minimum Gasteiger partial charge on any atom is -0.508 e. The average molecular weight is 270 g/mol. The lowest BCUT2D eigenvalue weighted by molar-refractivity contribution is 0.102. The second-order valence-corrected chi connectivity index (χ2v) is 4.68. The number of aromatic hydroxyl groups is 1. The quantitative estimate of drug-likeness (QED) is 0.800. The zero-order valence-corrected chi connectivity index (χ0v) is 11.6. The van der Waals surface area contributed by atoms with Crippen LogP contribution in [0.15, 0.2) is 42.5 Å². The lowest BCUT2D eigenvalue weighted by Gasteiger charge is -2.07. The highest BCUT2D eigenvalue weighted by molar-refractivity contribution is 6.04. The highest BCUT2D eigenvalue weighted by Crippen LogP contribution is 2.18. The minimum atomic E-state index is -0.235. The topological polar surface area (TPSA) is 61.4 Å². The Hall–Kier alpha value is -2.33. The molecule has 3 N–H and O–H groups in total. The number of carbonyl (C=O) groups is 1. The third kappa shape index (κ3) is 3.36. The van der Waals surface area contributed by atoms with E-state index in [4.69, 9.17) is 0 Å². The molecule has 0 aliphatic rings. The molecular weight excluding hydrogens is 252 g/mol. The van der Waals surface area contributed by atoms with E-state index in [1.165, 1.54) is 6.07 Å². The third-order valence-electron chi connectivity index (χ3n) is 3.06. The molecule has 0 aliphatic carbocycles. The number of rotatable bonds is 4. The van der Waals surface area contributed by atoms with Crippen LogP contribution in [0.3, 0.4) is 0 Å². The molecule has 4 nitrogen and oxygen atoms in total. The van der Waals surface area contributed by atoms with Gasteiger partial charge in [0.2, 0.25) is 0 Å². The first kappa shape index (κ1) is 14.1. The van der Waals surface area contributed by atoms with Gasteiger partial charge in [-0.25, -0.2) is 0 Å². The third-order valence-corrected chi connectivity index (χ3v) is 3.06. The number of anilines is 1. The van der Waals surface area contributed by atoms with Crippen molar-refractivity contribution in [1.29, 1.82) is 0 Å². The molecule has 0 radical (unpaired) electrons. The second kappa shape index (κ2) is 6.21. The van der Waals surface area contributed by atoms with Gasteiger partial charge in [-0.3, -0.25) is 4.79 Å². The summed E-state index contributed by atoms with van der Waals surface area (Å²) >= 11 is 0. The molecule has 0 fully saturated rings. The Balaban J connectivity index is 2.08. The fourth-order valence-corrected chi connectivity index (χ4v) is 1.86. The van der Waals surface area contributed by atoms with Crippen molar-refractivity contribution in [3.8, 4) is 5.75 Å². The van der Waals surface area contributed by atoms with E-state index >= 15 is 0 Å². The fraction of sp³-hybridized carbons (Fsp3) is 0.188. The molecule has 1 amide bonds. The highest BCUT2D eigenvalue weighted by atomic mass is 16.3. The van der Waals surface area contributed by atoms with E-state index in [2.05, 4.69) is 10.6 Å². The number of aryl methyl sites for hydroxylation is 1. The van der Waals surface area contributed by atoms with Gasteiger partial charge in [0, 0.05) is 17.8 Å². The van der Waals surface area contributed by atoms with Gasteiger partial charge in [0.15, 0.2) is 0 Å². The van der Waals surface area contributed by atoms with Crippen molar-refractivity contribution in [3.63, 3.8) is 0 Å². The number of benzene rings is 2. The number of carbonyl (C=O) groups excluding carboxylic acids is 1. The van der Waals surface area contributed by atoms with Crippen LogP contribution in [-0.2, 0) is 6.54 Å². The van der Waals surface area contributed by atoms with Crippen LogP contribution in [-0.4, -0.2) is 18.1 Å². The van der Waals surface area contributed by atoms with E-state index in [0.29, 0.717) is 5.56 Å². The normalized spacial score (nSPS) is 10.3. The molecule has 0 aromatic heterocycles. The van der Waals surface area contributed by atoms with Gasteiger partial charge in [-0.05, 0) is 49.4 Å². The van der Waals surface area contributed by atoms with Crippen molar-refractivity contribution in [2.45, 2.75) is 13.5 Å². The van der Waals surface area contributed by atoms with E-state index in [1.54, 1.807) is 19.1 Å². The maximum Gasteiger partial charge on any atom is 0.255 e. The van der Waals surface area contributed by atoms with Crippen molar-refractivity contribution in [2.24, 2.45) is 0 Å². The van der Waals surface area contributed by atoms with Crippen molar-refractivity contribution in [2.75, 3.05) is 12.4 Å². The van der Waals surface area contributed by atoms with Crippen molar-refractivity contribution >= 4 is 11.6 Å². The first-order chi connectivity index (χ1) is 9.60. The summed E-state index contributed by atoms with van der Waals surface area (Å²) in [4.78, 5) is 12.1. The first-order valence-corrected chi connectivity index (χ1v) is 6.44. The fourth-order valence-electron chi connectivity index (χ4n) is 1.86. The van der Waals surface area contributed by atoms with Crippen molar-refractivity contribution in [3.05, 3.63) is 59.2 Å². The van der Waals surface area contributed by atoms with Crippen molar-refractivity contribution in [1.82, 2.24) is 5.32 Å². The van der Waals surface area contributed by atoms with Gasteiger partial charge in [-0.2, -0.15) is 0 Å². The molecule has 4 heteroatoms. The zero-order chi connectivity index (χ0) is 14.5. The summed E-state index contributed by atoms with van der Waals surface area (Å²) in [5.74, 6) is -0.108. The summed E-state index contributed by atoms with van der Waals surface area (Å²) in [7, 11) is 1.89. The van der Waals surface area contributed by atoms with Gasteiger partial charge in [0.1, 0.15) is 5.75 Å². The number of phenolic OH excluding ortho intramolecular Hbond substituents is 1. The molecular formula is C16H18N2O2. The lowest BCUT2D eigenvalue weighted by Crippen LogP contribution is -2.12. The Labute approximate surface area is 118 Å². The summed E-state index contributed by atoms with van der Waals surface area (Å²) < 4.78 is 0. The molecule has 2 aromatic rings. The standard InChI is InChI=1S/C16H18N2O2/c1-11-3-6-13(9-15(11)19)16(20)18-14-7-4-12(5-8-14)10-17-2/h3-9,17,19H,10H2,1-2H3,(H,18,20). The Kier molecular flexibility index (Phi) is 4.38. The van der Waals surface area contributed by atoms with Crippen LogP contribution in [0.1, 0.15) is 21.5 Å². The van der Waals surface area contributed by atoms with Crippen molar-refractivity contribution < 1.29 is 9.90 Å². The van der Waals surface area contributed by atoms with Gasteiger partial charge >= 0.3 is 0 Å². The van der Waals surface area contributed by atoms with Crippen LogP contribution < -0.4 is 10.6 Å². The molecule has 0 bridgehead atoms. The molecule has 0 aliphatic heterocycles. The summed E-state index contributed by atoms with van der Waals surface area (Å²) in [6.07, 6.45) is 0. The van der Waals surface area contributed by atoms with Crippen LogP contribution in [0, 0.1) is 6.92 Å². The largest absolute Gasteiger partial charge is 0.508 e. The number of amides is 1. The van der Waals surface area contributed by atoms with E-state index in [9.17, 15) is 9.90 Å². The number of hydrogen-bond donors (Lipinski definition) is 3. The predicted octanol–water partition coefficient (Wildman–Crippen LogP) is 2.67. The Morgan fingerprint density at radius 3 is 2.45 bits per heavy atom. The number of phenols is 1. The maximum atomic E-state index is 12.1. The molecule has 0 heterocycles. The van der Waals surface area contributed by atoms with Crippen LogP contribution in [0.4, 0.5) is 5.69 Å². The monoisotopic (exact) mass is 270 g/mol. The summed E-state index contributed by atoms with van der Waals surface area (Å²) in [5, 5.41) is 15.5. The van der Waals surface area contributed by atoms with E-state index in [0.717, 1.165) is 23.4 Å². The SMILES string of the molecule is CNCc1ccc(NC(=O)c2ccc(C)c(O)c2)cc1. The molecule has 0 spiro atoms. The summed E-state index contributed by atoms with van der Waals surface area (Å²) in [6.45, 7) is 2.58. The molecule has 104 valence electrons. The van der Waals surface area contributed by atoms with E-state index in [1.807, 2.05) is 31.3 Å². The van der Waals surface area contributed by atoms with Gasteiger partial charge in [0.05, 0.1) is 0 Å². The molecule has 0 unspecified atom stereocenters. The number of nitrogens with one attached hydrogen (secondary N) is 2. The van der Waals surface area contributed by atoms with E-state index < -0.39 is 0 Å². The Bertz CT molecular complexity index is 606. The maximum absolute atomic E-state index is 12.1.